The minimum absolute atomic E-state index is 0.495. The largest absolute Gasteiger partial charge is 0.398 e. The molecule has 0 heterocycles. The number of hydrogen-bond acceptors (Lipinski definition) is 4. The highest BCUT2D eigenvalue weighted by Crippen LogP contribution is 2.16. The molecule has 68 valence electrons. The van der Waals surface area contributed by atoms with Crippen LogP contribution in [-0.4, -0.2) is 19.1 Å². The molecule has 0 aliphatic rings. The molecular formula is C9H12N4. The van der Waals surface area contributed by atoms with Crippen LogP contribution in [0.4, 0.5) is 11.4 Å². The van der Waals surface area contributed by atoms with E-state index >= 15 is 0 Å². The molecule has 0 aromatic heterocycles. The first kappa shape index (κ1) is 9.36. The highest BCUT2D eigenvalue weighted by molar-refractivity contribution is 5.62. The van der Waals surface area contributed by atoms with E-state index in [1.54, 1.807) is 17.1 Å². The van der Waals surface area contributed by atoms with Crippen molar-refractivity contribution in [1.29, 1.82) is 5.26 Å². The maximum Gasteiger partial charge on any atom is 0.101 e. The first-order valence-corrected chi connectivity index (χ1v) is 3.87. The lowest BCUT2D eigenvalue weighted by molar-refractivity contribution is 0.495. The van der Waals surface area contributed by atoms with E-state index in [-0.39, 0.29) is 0 Å². The summed E-state index contributed by atoms with van der Waals surface area (Å²) in [5, 5.41) is 10.4. The van der Waals surface area contributed by atoms with Gasteiger partial charge in [0.25, 0.3) is 0 Å². The van der Waals surface area contributed by atoms with Gasteiger partial charge < -0.3 is 11.2 Å². The summed E-state index contributed by atoms with van der Waals surface area (Å²) < 4.78 is 0. The Bertz CT molecular complexity index is 338. The Hall–Kier alpha value is -1.73. The Morgan fingerprint density at radius 1 is 1.46 bits per heavy atom. The van der Waals surface area contributed by atoms with Gasteiger partial charge in [-0.3, -0.25) is 0 Å². The average molecular weight is 176 g/mol. The molecule has 0 unspecified atom stereocenters. The van der Waals surface area contributed by atoms with Gasteiger partial charge >= 0.3 is 0 Å². The van der Waals surface area contributed by atoms with Gasteiger partial charge in [-0.05, 0) is 18.2 Å². The van der Waals surface area contributed by atoms with Gasteiger partial charge in [0.2, 0.25) is 0 Å². The minimum atomic E-state index is 0.495. The summed E-state index contributed by atoms with van der Waals surface area (Å²) in [4.78, 5) is 0. The van der Waals surface area contributed by atoms with Crippen molar-refractivity contribution in [2.45, 2.75) is 0 Å². The van der Waals surface area contributed by atoms with Crippen LogP contribution < -0.4 is 11.2 Å². The van der Waals surface area contributed by atoms with Crippen LogP contribution in [0, 0.1) is 11.3 Å². The van der Waals surface area contributed by atoms with E-state index in [9.17, 15) is 0 Å². The van der Waals surface area contributed by atoms with Gasteiger partial charge in [0.15, 0.2) is 0 Å². The second kappa shape index (κ2) is 3.78. The number of nitrogens with two attached hydrogens (primary N) is 1. The molecule has 0 saturated heterocycles. The standard InChI is InChI=1S/C9H12N4/c1-13(2)12-8-4-3-7(6-10)9(11)5-8/h3-5,12H,11H2,1-2H3. The van der Waals surface area contributed by atoms with Gasteiger partial charge in [0.1, 0.15) is 6.07 Å². The Labute approximate surface area is 77.5 Å². The molecule has 0 atom stereocenters. The molecule has 0 spiro atoms. The summed E-state index contributed by atoms with van der Waals surface area (Å²) in [6.45, 7) is 0. The van der Waals surface area contributed by atoms with Gasteiger partial charge in [-0.2, -0.15) is 5.26 Å². The lowest BCUT2D eigenvalue weighted by Crippen LogP contribution is -2.19. The number of hydrazine groups is 1. The summed E-state index contributed by atoms with van der Waals surface area (Å²) in [7, 11) is 3.77. The highest BCUT2D eigenvalue weighted by Gasteiger charge is 1.99. The van der Waals surface area contributed by atoms with Gasteiger partial charge in [-0.15, -0.1) is 0 Å². The number of anilines is 2. The Balaban J connectivity index is 2.91. The zero-order chi connectivity index (χ0) is 9.84. The Morgan fingerprint density at radius 3 is 2.62 bits per heavy atom. The first-order valence-electron chi connectivity index (χ1n) is 3.87. The number of hydrogen-bond donors (Lipinski definition) is 2. The molecule has 0 saturated carbocycles. The van der Waals surface area contributed by atoms with Gasteiger partial charge in [-0.1, -0.05) is 0 Å². The van der Waals surface area contributed by atoms with E-state index < -0.39 is 0 Å². The maximum atomic E-state index is 8.63. The molecule has 4 heteroatoms. The number of nitrogens with zero attached hydrogens (tertiary/aromatic N) is 2. The normalized spacial score (nSPS) is 9.69. The molecule has 0 bridgehead atoms. The molecule has 0 aliphatic heterocycles. The number of nitrogens with one attached hydrogen (secondary N) is 1. The fourth-order valence-electron chi connectivity index (χ4n) is 0.992. The molecule has 13 heavy (non-hydrogen) atoms. The van der Waals surface area contributed by atoms with E-state index in [2.05, 4.69) is 5.43 Å². The maximum absolute atomic E-state index is 8.63. The summed E-state index contributed by atoms with van der Waals surface area (Å²) in [5.74, 6) is 0. The third-order valence-electron chi connectivity index (χ3n) is 1.52. The SMILES string of the molecule is CN(C)Nc1ccc(C#N)c(N)c1. The van der Waals surface area contributed by atoms with Crippen LogP contribution in [0.25, 0.3) is 0 Å². The van der Waals surface area contributed by atoms with Crippen LogP contribution in [0.15, 0.2) is 18.2 Å². The Morgan fingerprint density at radius 2 is 2.15 bits per heavy atom. The highest BCUT2D eigenvalue weighted by atomic mass is 15.5. The van der Waals surface area contributed by atoms with Crippen molar-refractivity contribution in [2.24, 2.45) is 0 Å². The van der Waals surface area contributed by atoms with Crippen molar-refractivity contribution < 1.29 is 0 Å². The summed E-state index contributed by atoms with van der Waals surface area (Å²) >= 11 is 0. The second-order valence-corrected chi connectivity index (χ2v) is 2.92. The lowest BCUT2D eigenvalue weighted by atomic mass is 10.2. The molecular weight excluding hydrogens is 164 g/mol. The molecule has 4 nitrogen and oxygen atoms in total. The molecule has 1 rings (SSSR count). The molecule has 0 aliphatic carbocycles. The smallest absolute Gasteiger partial charge is 0.101 e. The van der Waals surface area contributed by atoms with E-state index in [4.69, 9.17) is 11.0 Å². The summed E-state index contributed by atoms with van der Waals surface area (Å²) in [6, 6.07) is 7.25. The zero-order valence-electron chi connectivity index (χ0n) is 7.70. The quantitative estimate of drug-likeness (QED) is 0.521. The third kappa shape index (κ3) is 2.36. The van der Waals surface area contributed by atoms with Crippen molar-refractivity contribution in [1.82, 2.24) is 5.01 Å². The van der Waals surface area contributed by atoms with Crippen molar-refractivity contribution >= 4 is 11.4 Å². The lowest BCUT2D eigenvalue weighted by Gasteiger charge is -2.13. The second-order valence-electron chi connectivity index (χ2n) is 2.92. The van der Waals surface area contributed by atoms with Crippen molar-refractivity contribution in [3.8, 4) is 6.07 Å². The van der Waals surface area contributed by atoms with Crippen molar-refractivity contribution in [2.75, 3.05) is 25.3 Å². The van der Waals surface area contributed by atoms with Crippen LogP contribution in [-0.2, 0) is 0 Å². The Kier molecular flexibility index (Phi) is 2.72. The molecule has 1 aromatic rings. The summed E-state index contributed by atoms with van der Waals surface area (Å²) in [6.07, 6.45) is 0. The zero-order valence-corrected chi connectivity index (χ0v) is 7.70. The predicted molar refractivity (Wildman–Crippen MR) is 52.9 cm³/mol. The average Bonchev–Trinajstić information content (AvgIpc) is 2.03. The van der Waals surface area contributed by atoms with Gasteiger partial charge in [0, 0.05) is 14.1 Å². The molecule has 1 aromatic carbocycles. The monoisotopic (exact) mass is 176 g/mol. The molecule has 0 radical (unpaired) electrons. The topological polar surface area (TPSA) is 65.1 Å². The van der Waals surface area contributed by atoms with Gasteiger partial charge in [-0.25, -0.2) is 5.01 Å². The van der Waals surface area contributed by atoms with E-state index in [0.29, 0.717) is 11.3 Å². The molecule has 0 fully saturated rings. The van der Waals surface area contributed by atoms with Crippen LogP contribution in [0.2, 0.25) is 0 Å². The number of benzene rings is 1. The van der Waals surface area contributed by atoms with E-state index in [1.807, 2.05) is 26.2 Å². The fourth-order valence-corrected chi connectivity index (χ4v) is 0.992. The van der Waals surface area contributed by atoms with Gasteiger partial charge in [0.05, 0.1) is 16.9 Å². The fraction of sp³-hybridized carbons (Fsp3) is 0.222. The van der Waals surface area contributed by atoms with E-state index in [1.165, 1.54) is 0 Å². The first-order chi connectivity index (χ1) is 6.13. The number of nitrogen functional groups attached to an aromatic ring is 1. The number of rotatable bonds is 2. The van der Waals surface area contributed by atoms with E-state index in [0.717, 1.165) is 5.69 Å². The predicted octanol–water partition coefficient (Wildman–Crippen LogP) is 1.03. The van der Waals surface area contributed by atoms with Crippen molar-refractivity contribution in [3.05, 3.63) is 23.8 Å². The summed E-state index contributed by atoms with van der Waals surface area (Å²) in [5.41, 5.74) is 10.5. The minimum Gasteiger partial charge on any atom is -0.398 e. The molecule has 3 N–H and O–H groups in total. The van der Waals surface area contributed by atoms with Crippen LogP contribution >= 0.6 is 0 Å². The van der Waals surface area contributed by atoms with Crippen LogP contribution in [0.5, 0.6) is 0 Å². The molecule has 0 amide bonds. The van der Waals surface area contributed by atoms with Crippen LogP contribution in [0.3, 0.4) is 0 Å². The van der Waals surface area contributed by atoms with Crippen LogP contribution in [0.1, 0.15) is 5.56 Å². The third-order valence-corrected chi connectivity index (χ3v) is 1.52. The number of nitriles is 1. The van der Waals surface area contributed by atoms with Crippen molar-refractivity contribution in [3.63, 3.8) is 0 Å².